The molecule has 3 heterocycles. The van der Waals surface area contributed by atoms with Crippen LogP contribution in [0.2, 0.25) is 5.02 Å². The van der Waals surface area contributed by atoms with Gasteiger partial charge < -0.3 is 10.2 Å². The fourth-order valence-electron chi connectivity index (χ4n) is 4.15. The molecule has 2 unspecified atom stereocenters. The highest BCUT2D eigenvalue weighted by Gasteiger charge is 2.33. The average Bonchev–Trinajstić information content (AvgIpc) is 2.79. The molecule has 0 aliphatic carbocycles. The van der Waals surface area contributed by atoms with Gasteiger partial charge in [0.1, 0.15) is 5.69 Å². The van der Waals surface area contributed by atoms with Gasteiger partial charge in [0.25, 0.3) is 5.91 Å². The summed E-state index contributed by atoms with van der Waals surface area (Å²) in [5.41, 5.74) is 1.22. The fraction of sp³-hybridized carbons (Fsp3) is 0.409. The Bertz CT molecular complexity index is 851. The van der Waals surface area contributed by atoms with Crippen LogP contribution >= 0.6 is 11.6 Å². The molecular weight excluding hydrogens is 388 g/mol. The van der Waals surface area contributed by atoms with Gasteiger partial charge in [0.15, 0.2) is 5.78 Å². The molecule has 2 atom stereocenters. The number of nitrogens with one attached hydrogen (secondary N) is 1. The van der Waals surface area contributed by atoms with Crippen molar-refractivity contribution in [1.29, 1.82) is 0 Å². The van der Waals surface area contributed by atoms with Gasteiger partial charge in [0.05, 0.1) is 6.17 Å². The molecule has 2 aliphatic heterocycles. The molecule has 2 aliphatic rings. The maximum atomic E-state index is 12.9. The second-order valence-corrected chi connectivity index (χ2v) is 8.04. The van der Waals surface area contributed by atoms with Crippen molar-refractivity contribution in [1.82, 2.24) is 20.1 Å². The second kappa shape index (κ2) is 9.03. The van der Waals surface area contributed by atoms with E-state index in [9.17, 15) is 9.59 Å². The van der Waals surface area contributed by atoms with Crippen LogP contribution in [0.5, 0.6) is 0 Å². The zero-order chi connectivity index (χ0) is 20.2. The number of nitrogens with zero attached hydrogens (tertiary/aromatic N) is 3. The lowest BCUT2D eigenvalue weighted by atomic mass is 9.87. The van der Waals surface area contributed by atoms with Crippen molar-refractivity contribution in [2.45, 2.75) is 19.0 Å². The summed E-state index contributed by atoms with van der Waals surface area (Å²) in [6, 6.07) is 12.6. The summed E-state index contributed by atoms with van der Waals surface area (Å²) in [5.74, 6) is 0.186. The van der Waals surface area contributed by atoms with Crippen molar-refractivity contribution in [3.63, 3.8) is 0 Å². The predicted molar refractivity (Wildman–Crippen MR) is 112 cm³/mol. The summed E-state index contributed by atoms with van der Waals surface area (Å²) in [5, 5.41) is 4.19. The largest absolute Gasteiger partial charge is 0.335 e. The number of pyridine rings is 1. The predicted octanol–water partition coefficient (Wildman–Crippen LogP) is 2.70. The Kier molecular flexibility index (Phi) is 6.23. The number of benzene rings is 1. The zero-order valence-electron chi connectivity index (χ0n) is 16.3. The quantitative estimate of drug-likeness (QED) is 0.782. The molecule has 0 radical (unpaired) electrons. The normalized spacial score (nSPS) is 23.0. The lowest BCUT2D eigenvalue weighted by Crippen LogP contribution is -2.58. The van der Waals surface area contributed by atoms with Crippen molar-refractivity contribution < 1.29 is 9.59 Å². The van der Waals surface area contributed by atoms with Crippen molar-refractivity contribution >= 4 is 23.3 Å². The maximum absolute atomic E-state index is 12.9. The SMILES string of the molecule is O=C(c1ccc(Cl)cc1)C1CCNC(N2CCN(C(=O)c3ccccn3)CC2)C1. The molecule has 7 heteroatoms. The first-order valence-corrected chi connectivity index (χ1v) is 10.5. The Balaban J connectivity index is 1.33. The Labute approximate surface area is 175 Å². The van der Waals surface area contributed by atoms with E-state index < -0.39 is 0 Å². The number of carbonyl (C=O) groups excluding carboxylic acids is 2. The van der Waals surface area contributed by atoms with Gasteiger partial charge in [-0.25, -0.2) is 0 Å². The Morgan fingerprint density at radius 2 is 1.79 bits per heavy atom. The first kappa shape index (κ1) is 20.0. The second-order valence-electron chi connectivity index (χ2n) is 7.61. The van der Waals surface area contributed by atoms with Gasteiger partial charge in [0.2, 0.25) is 0 Å². The highest BCUT2D eigenvalue weighted by atomic mass is 35.5. The van der Waals surface area contributed by atoms with Gasteiger partial charge in [-0.05, 0) is 55.8 Å². The van der Waals surface area contributed by atoms with E-state index in [4.69, 9.17) is 11.6 Å². The smallest absolute Gasteiger partial charge is 0.272 e. The fourth-order valence-corrected chi connectivity index (χ4v) is 4.27. The molecule has 2 saturated heterocycles. The topological polar surface area (TPSA) is 65.5 Å². The van der Waals surface area contributed by atoms with Crippen molar-refractivity contribution in [2.75, 3.05) is 32.7 Å². The first-order chi connectivity index (χ1) is 14.1. The number of hydrogen-bond donors (Lipinski definition) is 1. The number of Topliss-reactive ketones (excluding diaryl/α,β-unsaturated/α-hetero) is 1. The van der Waals surface area contributed by atoms with Crippen LogP contribution in [0.3, 0.4) is 0 Å². The standard InChI is InChI=1S/C22H25ClN4O2/c23-18-6-4-16(5-7-18)21(28)17-8-10-25-20(15-17)26-11-13-27(14-12-26)22(29)19-3-1-2-9-24-19/h1-7,9,17,20,25H,8,10-15H2. The van der Waals surface area contributed by atoms with Crippen LogP contribution in [0.25, 0.3) is 0 Å². The lowest BCUT2D eigenvalue weighted by molar-refractivity contribution is 0.0416. The summed E-state index contributed by atoms with van der Waals surface area (Å²) < 4.78 is 0. The van der Waals surface area contributed by atoms with Crippen LogP contribution in [0, 0.1) is 5.92 Å². The van der Waals surface area contributed by atoms with Crippen LogP contribution in [0.15, 0.2) is 48.7 Å². The number of amides is 1. The van der Waals surface area contributed by atoms with E-state index in [0.29, 0.717) is 23.8 Å². The Morgan fingerprint density at radius 3 is 2.48 bits per heavy atom. The number of ketones is 1. The molecule has 29 heavy (non-hydrogen) atoms. The van der Waals surface area contributed by atoms with Crippen LogP contribution in [-0.2, 0) is 0 Å². The number of rotatable bonds is 4. The molecule has 2 fully saturated rings. The molecular formula is C22H25ClN4O2. The summed E-state index contributed by atoms with van der Waals surface area (Å²) >= 11 is 5.94. The summed E-state index contributed by atoms with van der Waals surface area (Å²) in [6.45, 7) is 3.74. The third kappa shape index (κ3) is 4.66. The molecule has 1 amide bonds. The molecule has 0 saturated carbocycles. The highest BCUT2D eigenvalue weighted by molar-refractivity contribution is 6.30. The van der Waals surface area contributed by atoms with Gasteiger partial charge in [-0.2, -0.15) is 0 Å². The summed E-state index contributed by atoms with van der Waals surface area (Å²) in [4.78, 5) is 33.8. The summed E-state index contributed by atoms with van der Waals surface area (Å²) in [7, 11) is 0. The van der Waals surface area contributed by atoms with Crippen LogP contribution in [0.1, 0.15) is 33.7 Å². The third-order valence-corrected chi connectivity index (χ3v) is 6.06. The van der Waals surface area contributed by atoms with Crippen molar-refractivity contribution in [3.05, 3.63) is 64.9 Å². The molecule has 1 aromatic heterocycles. The van der Waals surface area contributed by atoms with Gasteiger partial charge >= 0.3 is 0 Å². The minimum atomic E-state index is -0.0161. The van der Waals surface area contributed by atoms with Gasteiger partial charge in [-0.3, -0.25) is 19.5 Å². The first-order valence-electron chi connectivity index (χ1n) is 10.1. The highest BCUT2D eigenvalue weighted by Crippen LogP contribution is 2.24. The molecule has 4 rings (SSSR count). The third-order valence-electron chi connectivity index (χ3n) is 5.81. The zero-order valence-corrected chi connectivity index (χ0v) is 17.0. The Morgan fingerprint density at radius 1 is 1.03 bits per heavy atom. The molecule has 6 nitrogen and oxygen atoms in total. The number of piperazine rings is 1. The molecule has 152 valence electrons. The van der Waals surface area contributed by atoms with Crippen LogP contribution in [0.4, 0.5) is 0 Å². The van der Waals surface area contributed by atoms with E-state index in [-0.39, 0.29) is 23.8 Å². The monoisotopic (exact) mass is 412 g/mol. The van der Waals surface area contributed by atoms with Crippen LogP contribution < -0.4 is 5.32 Å². The Hall–Kier alpha value is -2.28. The number of hydrogen-bond acceptors (Lipinski definition) is 5. The van der Waals surface area contributed by atoms with E-state index >= 15 is 0 Å². The van der Waals surface area contributed by atoms with E-state index in [1.165, 1.54) is 0 Å². The molecule has 0 spiro atoms. The van der Waals surface area contributed by atoms with Gasteiger partial charge in [0, 0.05) is 48.9 Å². The van der Waals surface area contributed by atoms with Gasteiger partial charge in [-0.15, -0.1) is 0 Å². The maximum Gasteiger partial charge on any atom is 0.272 e. The number of carbonyl (C=O) groups is 2. The number of piperidine rings is 1. The minimum absolute atomic E-state index is 0.00982. The van der Waals surface area contributed by atoms with E-state index in [1.807, 2.05) is 29.2 Å². The number of aromatic nitrogens is 1. The van der Waals surface area contributed by atoms with Gasteiger partial charge in [-0.1, -0.05) is 17.7 Å². The molecule has 0 bridgehead atoms. The van der Waals surface area contributed by atoms with Crippen LogP contribution in [-0.4, -0.2) is 65.4 Å². The lowest BCUT2D eigenvalue weighted by Gasteiger charge is -2.42. The molecule has 1 aromatic carbocycles. The molecule has 2 aromatic rings. The molecule has 1 N–H and O–H groups in total. The van der Waals surface area contributed by atoms with E-state index in [1.54, 1.807) is 24.4 Å². The number of halogens is 1. The van der Waals surface area contributed by atoms with E-state index in [0.717, 1.165) is 38.0 Å². The van der Waals surface area contributed by atoms with Crippen molar-refractivity contribution in [3.8, 4) is 0 Å². The van der Waals surface area contributed by atoms with E-state index in [2.05, 4.69) is 15.2 Å². The summed E-state index contributed by atoms with van der Waals surface area (Å²) in [6.07, 6.45) is 3.44. The average molecular weight is 413 g/mol. The van der Waals surface area contributed by atoms with Crippen molar-refractivity contribution in [2.24, 2.45) is 5.92 Å². The minimum Gasteiger partial charge on any atom is -0.335 e.